The third-order valence-corrected chi connectivity index (χ3v) is 6.87. The van der Waals surface area contributed by atoms with Gasteiger partial charge in [0.1, 0.15) is 5.75 Å². The maximum absolute atomic E-state index is 12.8. The van der Waals surface area contributed by atoms with Gasteiger partial charge in [-0.3, -0.25) is 4.79 Å². The van der Waals surface area contributed by atoms with Crippen molar-refractivity contribution in [3.8, 4) is 5.75 Å². The number of rotatable bonds is 7. The van der Waals surface area contributed by atoms with Crippen molar-refractivity contribution < 1.29 is 17.9 Å². The molecular formula is C18H27ClN2O4S. The van der Waals surface area contributed by atoms with Crippen LogP contribution >= 0.6 is 11.6 Å². The number of ether oxygens (including phenoxy) is 1. The first kappa shape index (κ1) is 21.0. The monoisotopic (exact) mass is 402 g/mol. The quantitative estimate of drug-likeness (QED) is 0.710. The van der Waals surface area contributed by atoms with Crippen molar-refractivity contribution in [3.05, 3.63) is 23.2 Å². The molecule has 8 heteroatoms. The Labute approximate surface area is 160 Å². The maximum atomic E-state index is 12.8. The predicted octanol–water partition coefficient (Wildman–Crippen LogP) is 3.20. The van der Waals surface area contributed by atoms with E-state index >= 15 is 0 Å². The van der Waals surface area contributed by atoms with E-state index in [1.54, 1.807) is 6.92 Å². The lowest BCUT2D eigenvalue weighted by Crippen LogP contribution is -2.44. The lowest BCUT2D eigenvalue weighted by atomic mass is 10.1. The molecule has 2 rings (SSSR count). The smallest absolute Gasteiger partial charge is 0.243 e. The molecule has 0 radical (unpaired) electrons. The molecule has 1 aromatic carbocycles. The zero-order valence-electron chi connectivity index (χ0n) is 15.3. The largest absolute Gasteiger partial charge is 0.495 e. The minimum atomic E-state index is -3.81. The van der Waals surface area contributed by atoms with Gasteiger partial charge in [-0.25, -0.2) is 8.42 Å². The molecule has 1 amide bonds. The number of benzene rings is 1. The highest BCUT2D eigenvalue weighted by molar-refractivity contribution is 7.89. The molecule has 0 heterocycles. The summed E-state index contributed by atoms with van der Waals surface area (Å²) < 4.78 is 31.9. The van der Waals surface area contributed by atoms with Gasteiger partial charge in [-0.1, -0.05) is 44.2 Å². The fourth-order valence-electron chi connectivity index (χ4n) is 3.18. The van der Waals surface area contributed by atoms with Crippen LogP contribution in [-0.2, 0) is 14.8 Å². The lowest BCUT2D eigenvalue weighted by Gasteiger charge is -2.22. The average Bonchev–Trinajstić information content (AvgIpc) is 2.88. The van der Waals surface area contributed by atoms with Gasteiger partial charge in [0, 0.05) is 12.6 Å². The van der Waals surface area contributed by atoms with E-state index in [9.17, 15) is 13.2 Å². The highest BCUT2D eigenvalue weighted by atomic mass is 35.5. The number of likely N-dealkylation sites (N-methyl/N-ethyl adjacent to an activating group) is 1. The minimum Gasteiger partial charge on any atom is -0.495 e. The van der Waals surface area contributed by atoms with Crippen molar-refractivity contribution in [3.63, 3.8) is 0 Å². The molecule has 0 spiro atoms. The Morgan fingerprint density at radius 3 is 2.46 bits per heavy atom. The second-order valence-corrected chi connectivity index (χ2v) is 8.83. The molecule has 146 valence electrons. The number of halogens is 1. The number of hydrogen-bond donors (Lipinski definition) is 1. The molecule has 0 atom stereocenters. The van der Waals surface area contributed by atoms with Gasteiger partial charge in [-0.05, 0) is 31.0 Å². The van der Waals surface area contributed by atoms with Crippen LogP contribution in [0.1, 0.15) is 45.4 Å². The maximum Gasteiger partial charge on any atom is 0.243 e. The molecule has 26 heavy (non-hydrogen) atoms. The fourth-order valence-corrected chi connectivity index (χ4v) is 4.94. The minimum absolute atomic E-state index is 0.0485. The Kier molecular flexibility index (Phi) is 7.73. The van der Waals surface area contributed by atoms with Crippen LogP contribution in [-0.4, -0.2) is 44.9 Å². The molecule has 0 unspecified atom stereocenters. The van der Waals surface area contributed by atoms with E-state index in [2.05, 4.69) is 5.32 Å². The summed E-state index contributed by atoms with van der Waals surface area (Å²) in [6, 6.07) is 4.43. The molecule has 0 saturated heterocycles. The van der Waals surface area contributed by atoms with Crippen molar-refractivity contribution in [1.29, 1.82) is 0 Å². The van der Waals surface area contributed by atoms with E-state index in [-0.39, 0.29) is 35.0 Å². The normalized spacial score (nSPS) is 16.3. The predicted molar refractivity (Wildman–Crippen MR) is 102 cm³/mol. The third kappa shape index (κ3) is 5.34. The topological polar surface area (TPSA) is 75.7 Å². The van der Waals surface area contributed by atoms with Crippen LogP contribution in [0, 0.1) is 0 Å². The molecule has 0 bridgehead atoms. The average molecular weight is 403 g/mol. The third-order valence-electron chi connectivity index (χ3n) is 4.65. The number of methoxy groups -OCH3 is 1. The highest BCUT2D eigenvalue weighted by Gasteiger charge is 2.27. The van der Waals surface area contributed by atoms with Crippen LogP contribution in [0.3, 0.4) is 0 Å². The zero-order chi connectivity index (χ0) is 19.2. The van der Waals surface area contributed by atoms with Gasteiger partial charge in [0.2, 0.25) is 15.9 Å². The van der Waals surface area contributed by atoms with Gasteiger partial charge in [-0.15, -0.1) is 0 Å². The summed E-state index contributed by atoms with van der Waals surface area (Å²) in [6.07, 6.45) is 6.51. The molecule has 1 fully saturated rings. The van der Waals surface area contributed by atoms with Crippen molar-refractivity contribution in [1.82, 2.24) is 9.62 Å². The van der Waals surface area contributed by atoms with E-state index < -0.39 is 10.0 Å². The second kappa shape index (κ2) is 9.58. The van der Waals surface area contributed by atoms with Crippen molar-refractivity contribution in [2.75, 3.05) is 20.2 Å². The van der Waals surface area contributed by atoms with Gasteiger partial charge in [-0.2, -0.15) is 4.31 Å². The number of nitrogens with one attached hydrogen (secondary N) is 1. The molecule has 0 aliphatic heterocycles. The molecule has 1 aromatic rings. The fraction of sp³-hybridized carbons (Fsp3) is 0.611. The summed E-state index contributed by atoms with van der Waals surface area (Å²) in [6.45, 7) is 1.71. The first-order chi connectivity index (χ1) is 12.4. The molecule has 1 saturated carbocycles. The summed E-state index contributed by atoms with van der Waals surface area (Å²) in [4.78, 5) is 12.4. The Bertz CT molecular complexity index is 716. The van der Waals surface area contributed by atoms with Crippen LogP contribution in [0.4, 0.5) is 0 Å². The van der Waals surface area contributed by atoms with Crippen LogP contribution < -0.4 is 10.1 Å². The molecule has 1 aliphatic rings. The number of sulfonamides is 1. The van der Waals surface area contributed by atoms with Crippen LogP contribution in [0.2, 0.25) is 5.02 Å². The van der Waals surface area contributed by atoms with Gasteiger partial charge in [0.25, 0.3) is 0 Å². The van der Waals surface area contributed by atoms with E-state index in [1.165, 1.54) is 38.2 Å². The number of carbonyl (C=O) groups excluding carboxylic acids is 1. The summed E-state index contributed by atoms with van der Waals surface area (Å²) >= 11 is 6.05. The molecular weight excluding hydrogens is 376 g/mol. The van der Waals surface area contributed by atoms with Crippen molar-refractivity contribution in [2.24, 2.45) is 0 Å². The molecule has 1 N–H and O–H groups in total. The summed E-state index contributed by atoms with van der Waals surface area (Å²) in [5, 5.41) is 3.20. The van der Waals surface area contributed by atoms with Gasteiger partial charge in [0.15, 0.2) is 0 Å². The lowest BCUT2D eigenvalue weighted by molar-refractivity contribution is -0.122. The van der Waals surface area contributed by atoms with Gasteiger partial charge >= 0.3 is 0 Å². The summed E-state index contributed by atoms with van der Waals surface area (Å²) in [7, 11) is -2.35. The standard InChI is InChI=1S/C18H27ClN2O4S/c1-3-21(13-18(22)20-14-8-6-4-5-7-9-14)26(23,24)15-10-11-17(25-2)16(19)12-15/h10-12,14H,3-9,13H2,1-2H3,(H,20,22). The van der Waals surface area contributed by atoms with Gasteiger partial charge in [0.05, 0.1) is 23.6 Å². The number of nitrogens with zero attached hydrogens (tertiary/aromatic N) is 1. The van der Waals surface area contributed by atoms with E-state index in [1.807, 2.05) is 0 Å². The van der Waals surface area contributed by atoms with Crippen molar-refractivity contribution >= 4 is 27.5 Å². The van der Waals surface area contributed by atoms with E-state index in [0.717, 1.165) is 30.0 Å². The number of hydrogen-bond acceptors (Lipinski definition) is 4. The Morgan fingerprint density at radius 2 is 1.92 bits per heavy atom. The Morgan fingerprint density at radius 1 is 1.27 bits per heavy atom. The summed E-state index contributed by atoms with van der Waals surface area (Å²) in [5.74, 6) is 0.140. The first-order valence-electron chi connectivity index (χ1n) is 9.01. The van der Waals surface area contributed by atoms with E-state index in [0.29, 0.717) is 5.75 Å². The molecule has 1 aliphatic carbocycles. The number of amides is 1. The molecule has 0 aromatic heterocycles. The SMILES string of the molecule is CCN(CC(=O)NC1CCCCCC1)S(=O)(=O)c1ccc(OC)c(Cl)c1. The van der Waals surface area contributed by atoms with Crippen molar-refractivity contribution in [2.45, 2.75) is 56.4 Å². The first-order valence-corrected chi connectivity index (χ1v) is 10.8. The zero-order valence-corrected chi connectivity index (χ0v) is 16.9. The second-order valence-electron chi connectivity index (χ2n) is 6.48. The Hall–Kier alpha value is -1.31. The summed E-state index contributed by atoms with van der Waals surface area (Å²) in [5.41, 5.74) is 0. The van der Waals surface area contributed by atoms with Crippen LogP contribution in [0.15, 0.2) is 23.1 Å². The Balaban J connectivity index is 2.08. The van der Waals surface area contributed by atoms with Gasteiger partial charge < -0.3 is 10.1 Å². The highest BCUT2D eigenvalue weighted by Crippen LogP contribution is 2.28. The molecule has 6 nitrogen and oxygen atoms in total. The van der Waals surface area contributed by atoms with E-state index in [4.69, 9.17) is 16.3 Å². The van der Waals surface area contributed by atoms with Crippen LogP contribution in [0.5, 0.6) is 5.75 Å². The van der Waals surface area contributed by atoms with Crippen LogP contribution in [0.25, 0.3) is 0 Å². The number of carbonyl (C=O) groups is 1.